The molecule has 3 rings (SSSR count). The molecule has 0 aliphatic rings. The standard InChI is InChI=1S/C19H17ClO3/c1-19(2,3)12-6-4-11(5-7-12)18-17(22)16(21)14-9-8-13(20)10-15(14)23-18/h4-10,22H,1-3H3. The Balaban J connectivity index is 2.20. The zero-order valence-corrected chi connectivity index (χ0v) is 13.9. The highest BCUT2D eigenvalue weighted by Crippen LogP contribution is 2.32. The number of benzene rings is 2. The minimum atomic E-state index is -0.460. The molecule has 0 aliphatic heterocycles. The van der Waals surface area contributed by atoms with Gasteiger partial charge in [0.2, 0.25) is 11.2 Å². The molecule has 2 aromatic carbocycles. The number of halogens is 1. The quantitative estimate of drug-likeness (QED) is 0.674. The number of aromatic hydroxyl groups is 1. The topological polar surface area (TPSA) is 50.4 Å². The molecule has 23 heavy (non-hydrogen) atoms. The minimum Gasteiger partial charge on any atom is -0.502 e. The van der Waals surface area contributed by atoms with Crippen LogP contribution >= 0.6 is 11.6 Å². The first-order valence-electron chi connectivity index (χ1n) is 7.33. The van der Waals surface area contributed by atoms with E-state index in [1.807, 2.05) is 24.3 Å². The van der Waals surface area contributed by atoms with E-state index in [1.54, 1.807) is 18.2 Å². The highest BCUT2D eigenvalue weighted by Gasteiger charge is 2.17. The fourth-order valence-electron chi connectivity index (χ4n) is 2.47. The third kappa shape index (κ3) is 2.84. The van der Waals surface area contributed by atoms with E-state index in [2.05, 4.69) is 20.8 Å². The summed E-state index contributed by atoms with van der Waals surface area (Å²) in [5, 5.41) is 11.0. The lowest BCUT2D eigenvalue weighted by molar-refractivity contribution is 0.449. The maximum Gasteiger partial charge on any atom is 0.235 e. The molecule has 0 unspecified atom stereocenters. The molecule has 0 radical (unpaired) electrons. The van der Waals surface area contributed by atoms with Crippen molar-refractivity contribution in [2.24, 2.45) is 0 Å². The maximum atomic E-state index is 12.3. The molecule has 0 bridgehead atoms. The van der Waals surface area contributed by atoms with Crippen molar-refractivity contribution in [2.75, 3.05) is 0 Å². The summed E-state index contributed by atoms with van der Waals surface area (Å²) < 4.78 is 5.73. The predicted molar refractivity (Wildman–Crippen MR) is 93.3 cm³/mol. The molecule has 0 amide bonds. The molecule has 1 N–H and O–H groups in total. The van der Waals surface area contributed by atoms with Crippen LogP contribution in [-0.4, -0.2) is 5.11 Å². The van der Waals surface area contributed by atoms with Gasteiger partial charge in [-0.2, -0.15) is 0 Å². The fraction of sp³-hybridized carbons (Fsp3) is 0.211. The third-order valence-corrected chi connectivity index (χ3v) is 4.08. The summed E-state index contributed by atoms with van der Waals surface area (Å²) in [7, 11) is 0. The van der Waals surface area contributed by atoms with E-state index in [0.717, 1.165) is 5.56 Å². The van der Waals surface area contributed by atoms with Gasteiger partial charge in [-0.15, -0.1) is 0 Å². The van der Waals surface area contributed by atoms with Crippen LogP contribution in [0.1, 0.15) is 26.3 Å². The zero-order valence-electron chi connectivity index (χ0n) is 13.2. The van der Waals surface area contributed by atoms with E-state index >= 15 is 0 Å². The van der Waals surface area contributed by atoms with Crippen LogP contribution in [0.5, 0.6) is 5.75 Å². The average molecular weight is 329 g/mol. The summed E-state index contributed by atoms with van der Waals surface area (Å²) in [6, 6.07) is 12.3. The Morgan fingerprint density at radius 2 is 1.70 bits per heavy atom. The van der Waals surface area contributed by atoms with Crippen LogP contribution in [0.4, 0.5) is 0 Å². The highest BCUT2D eigenvalue weighted by atomic mass is 35.5. The summed E-state index contributed by atoms with van der Waals surface area (Å²) in [5.41, 5.74) is 1.73. The molecule has 3 aromatic rings. The van der Waals surface area contributed by atoms with Crippen molar-refractivity contribution in [3.8, 4) is 17.1 Å². The van der Waals surface area contributed by atoms with Gasteiger partial charge in [-0.3, -0.25) is 4.79 Å². The van der Waals surface area contributed by atoms with Crippen molar-refractivity contribution in [3.05, 3.63) is 63.3 Å². The van der Waals surface area contributed by atoms with Gasteiger partial charge in [-0.25, -0.2) is 0 Å². The lowest BCUT2D eigenvalue weighted by Gasteiger charge is -2.19. The molecule has 0 saturated heterocycles. The summed E-state index contributed by atoms with van der Waals surface area (Å²) >= 11 is 5.96. The zero-order chi connectivity index (χ0) is 16.8. The first-order valence-corrected chi connectivity index (χ1v) is 7.71. The Hall–Kier alpha value is -2.26. The molecule has 0 spiro atoms. The largest absolute Gasteiger partial charge is 0.502 e. The minimum absolute atomic E-state index is 0.0261. The van der Waals surface area contributed by atoms with Crippen LogP contribution in [0.15, 0.2) is 51.7 Å². The Labute approximate surface area is 139 Å². The van der Waals surface area contributed by atoms with Crippen molar-refractivity contribution >= 4 is 22.6 Å². The van der Waals surface area contributed by atoms with Crippen molar-refractivity contribution in [1.29, 1.82) is 0 Å². The van der Waals surface area contributed by atoms with Crippen molar-refractivity contribution in [2.45, 2.75) is 26.2 Å². The van der Waals surface area contributed by atoms with E-state index in [-0.39, 0.29) is 16.9 Å². The van der Waals surface area contributed by atoms with Gasteiger partial charge >= 0.3 is 0 Å². The van der Waals surface area contributed by atoms with Crippen molar-refractivity contribution in [3.63, 3.8) is 0 Å². The van der Waals surface area contributed by atoms with Gasteiger partial charge in [0.15, 0.2) is 5.76 Å². The lowest BCUT2D eigenvalue weighted by Crippen LogP contribution is -2.10. The van der Waals surface area contributed by atoms with Crippen LogP contribution in [0, 0.1) is 0 Å². The van der Waals surface area contributed by atoms with Crippen LogP contribution in [0.2, 0.25) is 5.02 Å². The molecule has 0 atom stereocenters. The van der Waals surface area contributed by atoms with Crippen molar-refractivity contribution in [1.82, 2.24) is 0 Å². The smallest absolute Gasteiger partial charge is 0.235 e. The van der Waals surface area contributed by atoms with Crippen molar-refractivity contribution < 1.29 is 9.52 Å². The summed E-state index contributed by atoms with van der Waals surface area (Å²) in [6.07, 6.45) is 0. The average Bonchev–Trinajstić information content (AvgIpc) is 2.50. The Morgan fingerprint density at radius 1 is 1.04 bits per heavy atom. The second-order valence-electron chi connectivity index (χ2n) is 6.58. The van der Waals surface area contributed by atoms with Crippen LogP contribution in [-0.2, 0) is 5.41 Å². The first-order chi connectivity index (χ1) is 10.8. The van der Waals surface area contributed by atoms with E-state index in [4.69, 9.17) is 16.0 Å². The molecular weight excluding hydrogens is 312 g/mol. The summed E-state index contributed by atoms with van der Waals surface area (Å²) in [5.74, 6) is -0.228. The molecule has 1 aromatic heterocycles. The lowest BCUT2D eigenvalue weighted by atomic mass is 9.86. The van der Waals surface area contributed by atoms with Crippen LogP contribution in [0.25, 0.3) is 22.3 Å². The van der Waals surface area contributed by atoms with Gasteiger partial charge in [0.05, 0.1) is 5.39 Å². The molecule has 0 fully saturated rings. The molecule has 0 aliphatic carbocycles. The first kappa shape index (κ1) is 15.6. The Morgan fingerprint density at radius 3 is 2.30 bits per heavy atom. The molecule has 118 valence electrons. The van der Waals surface area contributed by atoms with E-state index in [0.29, 0.717) is 21.6 Å². The van der Waals surface area contributed by atoms with Crippen LogP contribution in [0.3, 0.4) is 0 Å². The maximum absolute atomic E-state index is 12.3. The van der Waals surface area contributed by atoms with Gasteiger partial charge in [0.1, 0.15) is 5.58 Å². The van der Waals surface area contributed by atoms with Gasteiger partial charge in [-0.1, -0.05) is 56.6 Å². The molecule has 4 heteroatoms. The Bertz CT molecular complexity index is 932. The summed E-state index contributed by atoms with van der Waals surface area (Å²) in [4.78, 5) is 12.3. The number of hydrogen-bond acceptors (Lipinski definition) is 3. The van der Waals surface area contributed by atoms with Gasteiger partial charge in [0.25, 0.3) is 0 Å². The van der Waals surface area contributed by atoms with E-state index in [9.17, 15) is 9.90 Å². The molecular formula is C19H17ClO3. The molecule has 0 saturated carbocycles. The number of hydrogen-bond donors (Lipinski definition) is 1. The second kappa shape index (κ2) is 5.43. The van der Waals surface area contributed by atoms with Gasteiger partial charge < -0.3 is 9.52 Å². The summed E-state index contributed by atoms with van der Waals surface area (Å²) in [6.45, 7) is 6.37. The number of rotatable bonds is 1. The van der Waals surface area contributed by atoms with E-state index in [1.165, 1.54) is 0 Å². The highest BCUT2D eigenvalue weighted by molar-refractivity contribution is 6.31. The SMILES string of the molecule is CC(C)(C)c1ccc(-c2oc3cc(Cl)ccc3c(=O)c2O)cc1. The monoisotopic (exact) mass is 328 g/mol. The number of fused-ring (bicyclic) bond motifs is 1. The van der Waals surface area contributed by atoms with Crippen LogP contribution < -0.4 is 5.43 Å². The molecule has 3 nitrogen and oxygen atoms in total. The predicted octanol–water partition coefficient (Wildman–Crippen LogP) is 5.12. The normalized spacial score (nSPS) is 11.8. The third-order valence-electron chi connectivity index (χ3n) is 3.84. The van der Waals surface area contributed by atoms with Gasteiger partial charge in [0, 0.05) is 16.7 Å². The molecule has 1 heterocycles. The fourth-order valence-corrected chi connectivity index (χ4v) is 2.64. The second-order valence-corrected chi connectivity index (χ2v) is 7.01. The van der Waals surface area contributed by atoms with Gasteiger partial charge in [-0.05, 0) is 23.1 Å². The van der Waals surface area contributed by atoms with E-state index < -0.39 is 5.43 Å². The Kier molecular flexibility index (Phi) is 3.69.